The summed E-state index contributed by atoms with van der Waals surface area (Å²) >= 11 is 0. The van der Waals surface area contributed by atoms with Crippen LogP contribution in [0, 0.1) is 11.3 Å². The molecule has 2 aliphatic heterocycles. The Kier molecular flexibility index (Phi) is 6.42. The lowest BCUT2D eigenvalue weighted by molar-refractivity contribution is -0.119. The first-order valence-corrected chi connectivity index (χ1v) is 12.0. The SMILES string of the molecule is N#CCc1ccc(NC(=O)COC(=O)c2ccc3c(c2)S(=O)(=O)N=C2CCCCCN23)cc1. The number of ether oxygens (including phenoxy) is 1. The largest absolute Gasteiger partial charge is 0.452 e. The normalized spacial score (nSPS) is 16.3. The number of amidine groups is 1. The minimum Gasteiger partial charge on any atom is -0.452 e. The van der Waals surface area contributed by atoms with E-state index in [1.54, 1.807) is 30.3 Å². The van der Waals surface area contributed by atoms with E-state index in [-0.39, 0.29) is 16.9 Å². The van der Waals surface area contributed by atoms with Crippen LogP contribution >= 0.6 is 0 Å². The number of anilines is 2. The summed E-state index contributed by atoms with van der Waals surface area (Å²) in [6.45, 7) is 0.139. The van der Waals surface area contributed by atoms with Gasteiger partial charge in [-0.25, -0.2) is 4.79 Å². The fourth-order valence-corrected chi connectivity index (χ4v) is 5.10. The Labute approximate surface area is 191 Å². The number of nitriles is 1. The number of fused-ring (bicyclic) bond motifs is 3. The summed E-state index contributed by atoms with van der Waals surface area (Å²) < 4.78 is 34.4. The number of carbonyl (C=O) groups excluding carboxylic acids is 2. The number of nitrogens with zero attached hydrogens (tertiary/aromatic N) is 3. The van der Waals surface area contributed by atoms with E-state index in [0.717, 1.165) is 24.8 Å². The van der Waals surface area contributed by atoms with Crippen LogP contribution in [-0.4, -0.2) is 39.3 Å². The molecule has 2 heterocycles. The topological polar surface area (TPSA) is 129 Å². The zero-order valence-corrected chi connectivity index (χ0v) is 18.6. The molecule has 0 spiro atoms. The molecule has 0 unspecified atom stereocenters. The Bertz CT molecular complexity index is 1260. The second-order valence-corrected chi connectivity index (χ2v) is 9.36. The molecule has 170 valence electrons. The second kappa shape index (κ2) is 9.42. The lowest BCUT2D eigenvalue weighted by Gasteiger charge is -2.29. The van der Waals surface area contributed by atoms with E-state index in [1.165, 1.54) is 12.1 Å². The van der Waals surface area contributed by atoms with Crippen molar-refractivity contribution in [1.29, 1.82) is 5.26 Å². The molecule has 0 bridgehead atoms. The maximum Gasteiger partial charge on any atom is 0.338 e. The first-order valence-electron chi connectivity index (χ1n) is 10.6. The van der Waals surface area contributed by atoms with Crippen LogP contribution in [-0.2, 0) is 26.0 Å². The molecule has 33 heavy (non-hydrogen) atoms. The van der Waals surface area contributed by atoms with E-state index < -0.39 is 28.5 Å². The van der Waals surface area contributed by atoms with Crippen molar-refractivity contribution in [2.75, 3.05) is 23.4 Å². The first-order chi connectivity index (χ1) is 15.9. The summed E-state index contributed by atoms with van der Waals surface area (Å²) in [7, 11) is -3.93. The molecule has 0 radical (unpaired) electrons. The Morgan fingerprint density at radius 2 is 1.91 bits per heavy atom. The van der Waals surface area contributed by atoms with E-state index in [0.29, 0.717) is 30.2 Å². The molecule has 1 N–H and O–H groups in total. The van der Waals surface area contributed by atoms with Crippen LogP contribution in [0.2, 0.25) is 0 Å². The number of hydrogen-bond acceptors (Lipinski definition) is 7. The number of hydrogen-bond donors (Lipinski definition) is 1. The molecule has 4 rings (SSSR count). The van der Waals surface area contributed by atoms with Crippen molar-refractivity contribution in [2.24, 2.45) is 4.40 Å². The molecule has 2 aliphatic rings. The highest BCUT2D eigenvalue weighted by Gasteiger charge is 2.32. The fourth-order valence-electron chi connectivity index (χ4n) is 3.82. The van der Waals surface area contributed by atoms with E-state index in [2.05, 4.69) is 9.71 Å². The van der Waals surface area contributed by atoms with Crippen molar-refractivity contribution >= 4 is 39.1 Å². The van der Waals surface area contributed by atoms with Gasteiger partial charge in [0.15, 0.2) is 6.61 Å². The van der Waals surface area contributed by atoms with E-state index >= 15 is 0 Å². The smallest absolute Gasteiger partial charge is 0.338 e. The van der Waals surface area contributed by atoms with Gasteiger partial charge in [0.2, 0.25) is 0 Å². The van der Waals surface area contributed by atoms with Gasteiger partial charge in [-0.3, -0.25) is 4.79 Å². The van der Waals surface area contributed by atoms with Gasteiger partial charge < -0.3 is 15.0 Å². The summed E-state index contributed by atoms with van der Waals surface area (Å²) in [6, 6.07) is 13.1. The number of sulfonamides is 1. The van der Waals surface area contributed by atoms with Crippen LogP contribution in [0.25, 0.3) is 0 Å². The number of rotatable bonds is 5. The van der Waals surface area contributed by atoms with Crippen LogP contribution in [0.3, 0.4) is 0 Å². The third-order valence-corrected chi connectivity index (χ3v) is 6.77. The standard InChI is InChI=1S/C23H22N4O5S/c24-12-11-16-5-8-18(9-6-16)25-22(28)15-32-23(29)17-7-10-19-20(14-17)33(30,31)26-21-4-2-1-3-13-27(19)21/h5-10,14H,1-4,11,13,15H2,(H,25,28). The minimum atomic E-state index is -3.93. The number of esters is 1. The fraction of sp³-hybridized carbons (Fsp3) is 0.304. The highest BCUT2D eigenvalue weighted by atomic mass is 32.2. The number of amides is 1. The molecule has 1 amide bonds. The van der Waals surface area contributed by atoms with Crippen LogP contribution in [0.1, 0.15) is 41.6 Å². The minimum absolute atomic E-state index is 0.0273. The van der Waals surface area contributed by atoms with Crippen molar-refractivity contribution < 1.29 is 22.7 Å². The van der Waals surface area contributed by atoms with Gasteiger partial charge >= 0.3 is 5.97 Å². The first kappa shape index (κ1) is 22.5. The van der Waals surface area contributed by atoms with Gasteiger partial charge in [0.05, 0.1) is 23.7 Å². The average molecular weight is 467 g/mol. The zero-order valence-electron chi connectivity index (χ0n) is 17.8. The third-order valence-electron chi connectivity index (χ3n) is 5.44. The summed E-state index contributed by atoms with van der Waals surface area (Å²) in [5.74, 6) is -0.813. The highest BCUT2D eigenvalue weighted by molar-refractivity contribution is 7.90. The highest BCUT2D eigenvalue weighted by Crippen LogP contribution is 2.35. The van der Waals surface area contributed by atoms with Crippen molar-refractivity contribution in [3.8, 4) is 6.07 Å². The predicted molar refractivity (Wildman–Crippen MR) is 122 cm³/mol. The molecule has 2 aromatic rings. The summed E-state index contributed by atoms with van der Waals surface area (Å²) in [5.41, 5.74) is 1.86. The van der Waals surface area contributed by atoms with Gasteiger partial charge in [0.25, 0.3) is 15.9 Å². The third kappa shape index (κ3) is 5.04. The lowest BCUT2D eigenvalue weighted by Crippen LogP contribution is -2.35. The number of nitrogens with one attached hydrogen (secondary N) is 1. The lowest BCUT2D eigenvalue weighted by atomic mass is 10.1. The van der Waals surface area contributed by atoms with Gasteiger partial charge in [-0.1, -0.05) is 18.6 Å². The van der Waals surface area contributed by atoms with Crippen LogP contribution in [0.15, 0.2) is 51.8 Å². The van der Waals surface area contributed by atoms with E-state index in [4.69, 9.17) is 10.00 Å². The van der Waals surface area contributed by atoms with E-state index in [9.17, 15) is 18.0 Å². The molecule has 1 fully saturated rings. The average Bonchev–Trinajstić information content (AvgIpc) is 3.03. The molecule has 2 aromatic carbocycles. The van der Waals surface area contributed by atoms with Gasteiger partial charge in [-0.15, -0.1) is 4.40 Å². The van der Waals surface area contributed by atoms with Crippen molar-refractivity contribution in [3.05, 3.63) is 53.6 Å². The van der Waals surface area contributed by atoms with Gasteiger partial charge in [0, 0.05) is 18.7 Å². The van der Waals surface area contributed by atoms with Crippen LogP contribution < -0.4 is 10.2 Å². The molecule has 9 nitrogen and oxygen atoms in total. The molecule has 1 saturated heterocycles. The van der Waals surface area contributed by atoms with Gasteiger partial charge in [-0.2, -0.15) is 13.7 Å². The second-order valence-electron chi connectivity index (χ2n) is 7.78. The monoisotopic (exact) mass is 466 g/mol. The summed E-state index contributed by atoms with van der Waals surface area (Å²) in [5, 5.41) is 11.3. The predicted octanol–water partition coefficient (Wildman–Crippen LogP) is 3.03. The molecule has 0 aliphatic carbocycles. The summed E-state index contributed by atoms with van der Waals surface area (Å²) in [4.78, 5) is 26.5. The van der Waals surface area contributed by atoms with Gasteiger partial charge in [0.1, 0.15) is 10.7 Å². The van der Waals surface area contributed by atoms with Crippen molar-refractivity contribution in [3.63, 3.8) is 0 Å². The number of benzene rings is 2. The molecule has 0 saturated carbocycles. The van der Waals surface area contributed by atoms with Crippen molar-refractivity contribution in [2.45, 2.75) is 37.0 Å². The Balaban J connectivity index is 1.43. The Morgan fingerprint density at radius 3 is 2.67 bits per heavy atom. The molecular formula is C23H22N4O5S. The van der Waals surface area contributed by atoms with Crippen LogP contribution in [0.5, 0.6) is 0 Å². The molecule has 0 atom stereocenters. The van der Waals surface area contributed by atoms with Crippen molar-refractivity contribution in [1.82, 2.24) is 0 Å². The van der Waals surface area contributed by atoms with E-state index in [1.807, 2.05) is 11.0 Å². The molecule has 0 aromatic heterocycles. The summed E-state index contributed by atoms with van der Waals surface area (Å²) in [6.07, 6.45) is 3.68. The quantitative estimate of drug-likeness (QED) is 0.671. The number of carbonyl (C=O) groups is 2. The maximum absolute atomic E-state index is 12.7. The molecule has 10 heteroatoms. The maximum atomic E-state index is 12.7. The Hall–Kier alpha value is -3.71. The Morgan fingerprint density at radius 1 is 1.12 bits per heavy atom. The zero-order chi connectivity index (χ0) is 23.4. The van der Waals surface area contributed by atoms with Gasteiger partial charge in [-0.05, 0) is 48.7 Å². The molecular weight excluding hydrogens is 444 g/mol. The van der Waals surface area contributed by atoms with Crippen LogP contribution in [0.4, 0.5) is 11.4 Å².